The normalized spacial score (nSPS) is 20.9. The zero-order valence-electron chi connectivity index (χ0n) is 22.0. The van der Waals surface area contributed by atoms with Crippen LogP contribution in [0, 0.1) is 6.92 Å². The Labute approximate surface area is 242 Å². The van der Waals surface area contributed by atoms with Gasteiger partial charge in [-0.05, 0) is 76.8 Å². The number of hydrogen-bond donors (Lipinski definition) is 1. The zero-order chi connectivity index (χ0) is 27.5. The van der Waals surface area contributed by atoms with Crippen LogP contribution in [0.5, 0.6) is 5.75 Å². The van der Waals surface area contributed by atoms with E-state index in [0.29, 0.717) is 56.4 Å². The summed E-state index contributed by atoms with van der Waals surface area (Å²) in [4.78, 5) is 0. The molecule has 0 spiro atoms. The lowest BCUT2D eigenvalue weighted by molar-refractivity contribution is -0.0569. The highest BCUT2D eigenvalue weighted by atomic mass is 35.5. The third kappa shape index (κ3) is 4.97. The van der Waals surface area contributed by atoms with Gasteiger partial charge in [0.05, 0.1) is 31.9 Å². The second kappa shape index (κ2) is 10.2. The van der Waals surface area contributed by atoms with Crippen LogP contribution in [-0.2, 0) is 12.2 Å². The third-order valence-electron chi connectivity index (χ3n) is 7.75. The van der Waals surface area contributed by atoms with E-state index in [1.807, 2.05) is 19.1 Å². The van der Waals surface area contributed by atoms with Gasteiger partial charge in [0.15, 0.2) is 0 Å². The summed E-state index contributed by atoms with van der Waals surface area (Å²) in [7, 11) is 0. The van der Waals surface area contributed by atoms with Crippen LogP contribution < -0.4 is 4.74 Å². The summed E-state index contributed by atoms with van der Waals surface area (Å²) in [5.41, 5.74) is 3.96. The van der Waals surface area contributed by atoms with Gasteiger partial charge in [-0.25, -0.2) is 0 Å². The highest BCUT2D eigenvalue weighted by Gasteiger charge is 2.47. The quantitative estimate of drug-likeness (QED) is 0.224. The van der Waals surface area contributed by atoms with Crippen molar-refractivity contribution in [3.05, 3.63) is 85.8 Å². The maximum atomic E-state index is 11.4. The Morgan fingerprint density at radius 1 is 1.05 bits per heavy atom. The van der Waals surface area contributed by atoms with Gasteiger partial charge in [-0.15, -0.1) is 0 Å². The van der Waals surface area contributed by atoms with E-state index in [2.05, 4.69) is 34.9 Å². The smallest absolute Gasteiger partial charge is 0.147 e. The van der Waals surface area contributed by atoms with Gasteiger partial charge in [0.1, 0.15) is 23.8 Å². The first-order valence-electron chi connectivity index (χ1n) is 13.3. The van der Waals surface area contributed by atoms with E-state index < -0.39 is 5.60 Å². The largest absolute Gasteiger partial charge is 0.489 e. The summed E-state index contributed by atoms with van der Waals surface area (Å²) in [5.74, 6) is 1.97. The van der Waals surface area contributed by atoms with Crippen molar-refractivity contribution in [2.24, 2.45) is 0 Å². The molecule has 2 aromatic carbocycles. The average Bonchev–Trinajstić information content (AvgIpc) is 3.51. The average molecular weight is 587 g/mol. The molecule has 0 bridgehead atoms. The SMILES string of the molecule is Cc1cc(C2CC(O)(c3ccc(OCc4c(-c5c(Cl)cccc5Cl)noc4C4CC4)cc3Cl)C2)n(C(C)C)n1. The topological polar surface area (TPSA) is 73.3 Å². The number of aryl methyl sites for hydroxylation is 1. The molecule has 2 aromatic heterocycles. The van der Waals surface area contributed by atoms with Crippen molar-refractivity contribution in [2.45, 2.75) is 76.5 Å². The number of halogens is 3. The van der Waals surface area contributed by atoms with Gasteiger partial charge in [-0.2, -0.15) is 5.10 Å². The maximum Gasteiger partial charge on any atom is 0.147 e. The molecule has 2 aliphatic rings. The second-order valence-corrected chi connectivity index (χ2v) is 12.3. The maximum absolute atomic E-state index is 11.4. The van der Waals surface area contributed by atoms with Crippen LogP contribution in [0.4, 0.5) is 0 Å². The molecule has 0 amide bonds. The van der Waals surface area contributed by atoms with E-state index in [-0.39, 0.29) is 18.6 Å². The lowest BCUT2D eigenvalue weighted by Crippen LogP contribution is -2.41. The molecule has 6 nitrogen and oxygen atoms in total. The Morgan fingerprint density at radius 3 is 2.41 bits per heavy atom. The van der Waals surface area contributed by atoms with E-state index in [0.717, 1.165) is 35.6 Å². The molecule has 39 heavy (non-hydrogen) atoms. The molecule has 0 atom stereocenters. The fourth-order valence-corrected chi connectivity index (χ4v) is 6.53. The molecule has 2 heterocycles. The van der Waals surface area contributed by atoms with Crippen LogP contribution >= 0.6 is 34.8 Å². The Hall–Kier alpha value is -2.51. The van der Waals surface area contributed by atoms with E-state index in [4.69, 9.17) is 44.1 Å². The van der Waals surface area contributed by atoms with Gasteiger partial charge < -0.3 is 14.4 Å². The molecule has 9 heteroatoms. The van der Waals surface area contributed by atoms with Gasteiger partial charge in [0, 0.05) is 34.7 Å². The minimum atomic E-state index is -0.984. The van der Waals surface area contributed by atoms with Crippen LogP contribution in [-0.4, -0.2) is 20.0 Å². The number of nitrogens with zero attached hydrogens (tertiary/aromatic N) is 3. The Kier molecular flexibility index (Phi) is 6.95. The fourth-order valence-electron chi connectivity index (χ4n) is 5.61. The van der Waals surface area contributed by atoms with Crippen molar-refractivity contribution in [2.75, 3.05) is 0 Å². The molecule has 2 aliphatic carbocycles. The Morgan fingerprint density at radius 2 is 1.77 bits per heavy atom. The molecule has 4 aromatic rings. The van der Waals surface area contributed by atoms with Gasteiger partial charge in [-0.1, -0.05) is 52.1 Å². The van der Waals surface area contributed by atoms with E-state index in [1.165, 1.54) is 0 Å². The molecule has 1 N–H and O–H groups in total. The van der Waals surface area contributed by atoms with Crippen molar-refractivity contribution < 1.29 is 14.4 Å². The van der Waals surface area contributed by atoms with Gasteiger partial charge in [0.25, 0.3) is 0 Å². The van der Waals surface area contributed by atoms with Crippen LogP contribution in [0.25, 0.3) is 11.3 Å². The van der Waals surface area contributed by atoms with Gasteiger partial charge >= 0.3 is 0 Å². The summed E-state index contributed by atoms with van der Waals surface area (Å²) >= 11 is 19.7. The van der Waals surface area contributed by atoms with Crippen LogP contribution in [0.15, 0.2) is 47.0 Å². The van der Waals surface area contributed by atoms with Crippen molar-refractivity contribution in [3.8, 4) is 17.0 Å². The summed E-state index contributed by atoms with van der Waals surface area (Å²) < 4.78 is 14.0. The number of benzene rings is 2. The monoisotopic (exact) mass is 585 g/mol. The lowest BCUT2D eigenvalue weighted by atomic mass is 9.66. The number of aromatic nitrogens is 3. The zero-order valence-corrected chi connectivity index (χ0v) is 24.3. The first-order valence-corrected chi connectivity index (χ1v) is 14.4. The van der Waals surface area contributed by atoms with Crippen LogP contribution in [0.1, 0.15) is 85.7 Å². The predicted octanol–water partition coefficient (Wildman–Crippen LogP) is 8.61. The van der Waals surface area contributed by atoms with Crippen molar-refractivity contribution in [1.29, 1.82) is 0 Å². The summed E-state index contributed by atoms with van der Waals surface area (Å²) in [6, 6.07) is 13.2. The number of aliphatic hydroxyl groups is 1. The Bertz CT molecular complexity index is 1510. The lowest BCUT2D eigenvalue weighted by Gasteiger charge is -2.44. The fraction of sp³-hybridized carbons (Fsp3) is 0.400. The van der Waals surface area contributed by atoms with Crippen molar-refractivity contribution in [1.82, 2.24) is 14.9 Å². The minimum Gasteiger partial charge on any atom is -0.489 e. The Balaban J connectivity index is 1.20. The number of hydrogen-bond acceptors (Lipinski definition) is 5. The van der Waals surface area contributed by atoms with E-state index in [9.17, 15) is 5.11 Å². The van der Waals surface area contributed by atoms with Crippen LogP contribution in [0.2, 0.25) is 15.1 Å². The van der Waals surface area contributed by atoms with Crippen LogP contribution in [0.3, 0.4) is 0 Å². The van der Waals surface area contributed by atoms with Crippen molar-refractivity contribution >= 4 is 34.8 Å². The predicted molar refractivity (Wildman–Crippen MR) is 153 cm³/mol. The van der Waals surface area contributed by atoms with E-state index >= 15 is 0 Å². The minimum absolute atomic E-state index is 0.229. The third-order valence-corrected chi connectivity index (χ3v) is 8.70. The van der Waals surface area contributed by atoms with Crippen molar-refractivity contribution in [3.63, 3.8) is 0 Å². The molecule has 2 fully saturated rings. The molecule has 0 radical (unpaired) electrons. The molecular weight excluding hydrogens is 557 g/mol. The highest BCUT2D eigenvalue weighted by Crippen LogP contribution is 2.53. The molecule has 204 valence electrons. The molecule has 0 unspecified atom stereocenters. The molecular formula is C30H30Cl3N3O3. The van der Waals surface area contributed by atoms with Gasteiger partial charge in [-0.3, -0.25) is 4.68 Å². The molecule has 0 saturated heterocycles. The molecule has 6 rings (SSSR count). The molecule has 0 aliphatic heterocycles. The summed E-state index contributed by atoms with van der Waals surface area (Å²) in [6.07, 6.45) is 3.29. The summed E-state index contributed by atoms with van der Waals surface area (Å²) in [6.45, 7) is 6.47. The second-order valence-electron chi connectivity index (χ2n) is 11.1. The standard InChI is InChI=1S/C30H30Cl3N3O3/c1-16(2)36-26(11-17(3)34-36)19-13-30(37,14-19)22-10-9-20(12-25(22)33)38-15-21-28(35-39-29(21)18-7-8-18)27-23(31)5-4-6-24(27)32/h4-6,9-12,16,18-19,37H,7-8,13-15H2,1-3H3. The molecule has 2 saturated carbocycles. The summed E-state index contributed by atoms with van der Waals surface area (Å²) in [5, 5.41) is 21.9. The number of ether oxygens (including phenoxy) is 1. The first-order chi connectivity index (χ1) is 18.6. The van der Waals surface area contributed by atoms with E-state index in [1.54, 1.807) is 24.3 Å². The first kappa shape index (κ1) is 26.7. The van der Waals surface area contributed by atoms with Gasteiger partial charge in [0.2, 0.25) is 0 Å². The highest BCUT2D eigenvalue weighted by molar-refractivity contribution is 6.39. The number of rotatable bonds is 8.